The van der Waals surface area contributed by atoms with Crippen LogP contribution in [0.25, 0.3) is 5.69 Å². The highest BCUT2D eigenvalue weighted by molar-refractivity contribution is 7.98. The molecule has 27 heavy (non-hydrogen) atoms. The molecule has 8 nitrogen and oxygen atoms in total. The van der Waals surface area contributed by atoms with Crippen LogP contribution in [0.3, 0.4) is 0 Å². The predicted molar refractivity (Wildman–Crippen MR) is 102 cm³/mol. The Morgan fingerprint density at radius 3 is 2.70 bits per heavy atom. The Kier molecular flexibility index (Phi) is 6.89. The van der Waals surface area contributed by atoms with Crippen LogP contribution in [0.2, 0.25) is 0 Å². The number of nitrogens with one attached hydrogen (secondary N) is 1. The first kappa shape index (κ1) is 19.0. The van der Waals surface area contributed by atoms with E-state index in [1.165, 1.54) is 11.8 Å². The number of hydrogen-bond acceptors (Lipinski definition) is 7. The number of benzene rings is 1. The SMILES string of the molecule is COCCCNC(=O)c1nnn(-c2ccccc2)c1CSc1ncccn1. The lowest BCUT2D eigenvalue weighted by atomic mass is 10.3. The molecule has 0 unspecified atom stereocenters. The maximum absolute atomic E-state index is 12.6. The van der Waals surface area contributed by atoms with Crippen molar-refractivity contribution in [2.75, 3.05) is 20.3 Å². The number of thioether (sulfide) groups is 1. The molecule has 0 aliphatic heterocycles. The number of nitrogens with zero attached hydrogens (tertiary/aromatic N) is 5. The summed E-state index contributed by atoms with van der Waals surface area (Å²) in [6, 6.07) is 11.4. The zero-order valence-corrected chi connectivity index (χ0v) is 15.7. The number of para-hydroxylation sites is 1. The van der Waals surface area contributed by atoms with Crippen LogP contribution >= 0.6 is 11.8 Å². The van der Waals surface area contributed by atoms with Crippen LogP contribution < -0.4 is 5.32 Å². The summed E-state index contributed by atoms with van der Waals surface area (Å²) in [4.78, 5) is 21.0. The van der Waals surface area contributed by atoms with Gasteiger partial charge < -0.3 is 10.1 Å². The van der Waals surface area contributed by atoms with Crippen molar-refractivity contribution in [3.8, 4) is 5.69 Å². The molecule has 0 saturated heterocycles. The van der Waals surface area contributed by atoms with E-state index in [2.05, 4.69) is 25.6 Å². The summed E-state index contributed by atoms with van der Waals surface area (Å²) >= 11 is 1.43. The zero-order chi connectivity index (χ0) is 18.9. The molecule has 0 spiro atoms. The van der Waals surface area contributed by atoms with Crippen LogP contribution in [0.15, 0.2) is 53.9 Å². The number of amides is 1. The van der Waals surface area contributed by atoms with Gasteiger partial charge in [-0.3, -0.25) is 4.79 Å². The van der Waals surface area contributed by atoms with Crippen molar-refractivity contribution >= 4 is 17.7 Å². The lowest BCUT2D eigenvalue weighted by Gasteiger charge is -2.08. The van der Waals surface area contributed by atoms with E-state index < -0.39 is 0 Å². The summed E-state index contributed by atoms with van der Waals surface area (Å²) in [5.74, 6) is 0.213. The summed E-state index contributed by atoms with van der Waals surface area (Å²) in [5.41, 5.74) is 1.84. The van der Waals surface area contributed by atoms with Crippen LogP contribution in [0, 0.1) is 0 Å². The molecule has 2 aromatic heterocycles. The fourth-order valence-electron chi connectivity index (χ4n) is 2.38. The fourth-order valence-corrected chi connectivity index (χ4v) is 3.17. The van der Waals surface area contributed by atoms with Gasteiger partial charge in [0.2, 0.25) is 0 Å². The van der Waals surface area contributed by atoms with Crippen molar-refractivity contribution in [1.29, 1.82) is 0 Å². The predicted octanol–water partition coefficient (Wildman–Crippen LogP) is 2.12. The van der Waals surface area contributed by atoms with Crippen molar-refractivity contribution in [3.63, 3.8) is 0 Å². The average Bonchev–Trinajstić information content (AvgIpc) is 3.15. The number of carbonyl (C=O) groups is 1. The fraction of sp³-hybridized carbons (Fsp3) is 0.278. The molecule has 2 heterocycles. The van der Waals surface area contributed by atoms with Crippen molar-refractivity contribution < 1.29 is 9.53 Å². The van der Waals surface area contributed by atoms with Crippen LogP contribution in [0.1, 0.15) is 22.6 Å². The van der Waals surface area contributed by atoms with E-state index in [1.54, 1.807) is 30.3 Å². The molecule has 0 aliphatic rings. The normalized spacial score (nSPS) is 10.7. The topological polar surface area (TPSA) is 94.8 Å². The monoisotopic (exact) mass is 384 g/mol. The molecule has 1 N–H and O–H groups in total. The highest BCUT2D eigenvalue weighted by Crippen LogP contribution is 2.22. The van der Waals surface area contributed by atoms with Crippen molar-refractivity contribution in [1.82, 2.24) is 30.3 Å². The molecule has 0 saturated carbocycles. The summed E-state index contributed by atoms with van der Waals surface area (Å²) in [6.07, 6.45) is 4.11. The third-order valence-electron chi connectivity index (χ3n) is 3.67. The second kappa shape index (κ2) is 9.79. The summed E-state index contributed by atoms with van der Waals surface area (Å²) in [5, 5.41) is 11.8. The Balaban J connectivity index is 1.82. The van der Waals surface area contributed by atoms with Gasteiger partial charge in [-0.2, -0.15) is 0 Å². The van der Waals surface area contributed by atoms with Gasteiger partial charge in [-0.05, 0) is 24.6 Å². The molecule has 0 atom stereocenters. The smallest absolute Gasteiger partial charge is 0.273 e. The standard InChI is InChI=1S/C18H20N6O2S/c1-26-12-6-11-19-17(25)16-15(13-27-18-20-9-5-10-21-18)24(23-22-16)14-7-3-2-4-8-14/h2-5,7-10H,6,11-13H2,1H3,(H,19,25). The van der Waals surface area contributed by atoms with Crippen LogP contribution in [0.4, 0.5) is 0 Å². The molecule has 0 fully saturated rings. The van der Waals surface area contributed by atoms with Gasteiger partial charge in [0.25, 0.3) is 5.91 Å². The maximum atomic E-state index is 12.6. The number of carbonyl (C=O) groups excluding carboxylic acids is 1. The Morgan fingerprint density at radius 1 is 1.19 bits per heavy atom. The third-order valence-corrected chi connectivity index (χ3v) is 4.56. The van der Waals surface area contributed by atoms with Gasteiger partial charge in [0.1, 0.15) is 0 Å². The molecular weight excluding hydrogens is 364 g/mol. The number of aromatic nitrogens is 5. The van der Waals surface area contributed by atoms with E-state index in [1.807, 2.05) is 30.3 Å². The van der Waals surface area contributed by atoms with Crippen molar-refractivity contribution in [2.24, 2.45) is 0 Å². The third kappa shape index (κ3) is 5.11. The summed E-state index contributed by atoms with van der Waals surface area (Å²) < 4.78 is 6.68. The van der Waals surface area contributed by atoms with Gasteiger partial charge in [-0.25, -0.2) is 14.6 Å². The van der Waals surface area contributed by atoms with Gasteiger partial charge in [0.05, 0.1) is 11.4 Å². The second-order valence-corrected chi connectivity index (χ2v) is 6.50. The minimum absolute atomic E-state index is 0.252. The highest BCUT2D eigenvalue weighted by Gasteiger charge is 2.21. The quantitative estimate of drug-likeness (QED) is 0.343. The summed E-state index contributed by atoms with van der Waals surface area (Å²) in [6.45, 7) is 1.10. The molecular formula is C18H20N6O2S. The van der Waals surface area contributed by atoms with Crippen LogP contribution in [0.5, 0.6) is 0 Å². The average molecular weight is 384 g/mol. The van der Waals surface area contributed by atoms with Crippen molar-refractivity contribution in [3.05, 3.63) is 60.2 Å². The molecule has 1 amide bonds. The van der Waals surface area contributed by atoms with Gasteiger partial charge >= 0.3 is 0 Å². The van der Waals surface area contributed by atoms with E-state index >= 15 is 0 Å². The molecule has 140 valence electrons. The first-order valence-electron chi connectivity index (χ1n) is 8.46. The minimum atomic E-state index is -0.252. The Labute approximate surface area is 161 Å². The van der Waals surface area contributed by atoms with Crippen molar-refractivity contribution in [2.45, 2.75) is 17.3 Å². The molecule has 0 aliphatic carbocycles. The minimum Gasteiger partial charge on any atom is -0.385 e. The lowest BCUT2D eigenvalue weighted by Crippen LogP contribution is -2.26. The molecule has 3 rings (SSSR count). The van der Waals surface area contributed by atoms with E-state index in [4.69, 9.17) is 4.74 Å². The molecule has 9 heteroatoms. The maximum Gasteiger partial charge on any atom is 0.273 e. The molecule has 0 radical (unpaired) electrons. The van der Waals surface area contributed by atoms with Gasteiger partial charge in [0, 0.05) is 38.4 Å². The first-order valence-corrected chi connectivity index (χ1v) is 9.45. The largest absolute Gasteiger partial charge is 0.385 e. The number of hydrogen-bond donors (Lipinski definition) is 1. The van der Waals surface area contributed by atoms with Gasteiger partial charge in [-0.1, -0.05) is 35.2 Å². The van der Waals surface area contributed by atoms with Crippen LogP contribution in [-0.2, 0) is 10.5 Å². The number of ether oxygens (including phenoxy) is 1. The van der Waals surface area contributed by atoms with Crippen LogP contribution in [-0.4, -0.2) is 51.1 Å². The highest BCUT2D eigenvalue weighted by atomic mass is 32.2. The zero-order valence-electron chi connectivity index (χ0n) is 14.9. The Bertz CT molecular complexity index is 857. The Morgan fingerprint density at radius 2 is 1.96 bits per heavy atom. The Hall–Kier alpha value is -2.78. The lowest BCUT2D eigenvalue weighted by molar-refractivity contribution is 0.0943. The van der Waals surface area contributed by atoms with Gasteiger partial charge in [0.15, 0.2) is 10.9 Å². The first-order chi connectivity index (χ1) is 13.3. The van der Waals surface area contributed by atoms with Gasteiger partial charge in [-0.15, -0.1) is 5.10 Å². The second-order valence-electron chi connectivity index (χ2n) is 5.55. The number of methoxy groups -OCH3 is 1. The molecule has 0 bridgehead atoms. The number of rotatable bonds is 9. The summed E-state index contributed by atoms with van der Waals surface area (Å²) in [7, 11) is 1.63. The van der Waals surface area contributed by atoms with E-state index in [9.17, 15) is 4.79 Å². The molecule has 1 aromatic carbocycles. The van der Waals surface area contributed by atoms with E-state index in [0.29, 0.717) is 35.4 Å². The van der Waals surface area contributed by atoms with E-state index in [0.717, 1.165) is 12.1 Å². The van der Waals surface area contributed by atoms with E-state index in [-0.39, 0.29) is 5.91 Å². The molecule has 3 aromatic rings.